The Hall–Kier alpha value is -3.09. The fraction of sp³-hybridized carbons (Fsp3) is 0.133. The van der Waals surface area contributed by atoms with Crippen LogP contribution in [0.1, 0.15) is 5.69 Å². The smallest absolute Gasteiger partial charge is 0.160 e. The van der Waals surface area contributed by atoms with Gasteiger partial charge in [0.2, 0.25) is 0 Å². The molecule has 0 unspecified atom stereocenters. The van der Waals surface area contributed by atoms with Crippen LogP contribution in [0.25, 0.3) is 11.3 Å². The van der Waals surface area contributed by atoms with Gasteiger partial charge in [0.15, 0.2) is 11.6 Å². The zero-order valence-corrected chi connectivity index (χ0v) is 12.3. The van der Waals surface area contributed by atoms with Gasteiger partial charge >= 0.3 is 0 Å². The molecule has 2 aromatic heterocycles. The van der Waals surface area contributed by atoms with E-state index in [2.05, 4.69) is 25.5 Å². The highest BCUT2D eigenvalue weighted by Gasteiger charge is 2.11. The number of nitrogen functional groups attached to an aromatic ring is 1. The van der Waals surface area contributed by atoms with Crippen LogP contribution in [0.4, 0.5) is 17.5 Å². The number of aryl methyl sites for hydroxylation is 1. The second-order valence-electron chi connectivity index (χ2n) is 4.78. The first kappa shape index (κ1) is 13.9. The lowest BCUT2D eigenvalue weighted by atomic mass is 10.1. The number of methoxy groups -OCH3 is 1. The van der Waals surface area contributed by atoms with Crippen molar-refractivity contribution in [2.24, 2.45) is 0 Å². The number of rotatable bonds is 4. The first-order chi connectivity index (χ1) is 10.7. The van der Waals surface area contributed by atoms with E-state index in [-0.39, 0.29) is 0 Å². The lowest BCUT2D eigenvalue weighted by molar-refractivity contribution is 0.415. The molecular formula is C15H16N6O. The number of nitrogens with two attached hydrogens (primary N) is 1. The molecule has 4 N–H and O–H groups in total. The molecule has 7 nitrogen and oxygen atoms in total. The molecule has 0 atom stereocenters. The summed E-state index contributed by atoms with van der Waals surface area (Å²) in [5, 5.41) is 10.1. The van der Waals surface area contributed by atoms with Crippen LogP contribution >= 0.6 is 0 Å². The summed E-state index contributed by atoms with van der Waals surface area (Å²) in [6.45, 7) is 1.92. The summed E-state index contributed by atoms with van der Waals surface area (Å²) in [6, 6.07) is 9.45. The minimum atomic E-state index is 0.340. The number of aromatic nitrogens is 4. The minimum Gasteiger partial charge on any atom is -0.497 e. The Balaban J connectivity index is 1.99. The van der Waals surface area contributed by atoms with Crippen LogP contribution in [-0.2, 0) is 0 Å². The molecule has 0 fully saturated rings. The van der Waals surface area contributed by atoms with Crippen LogP contribution in [0.5, 0.6) is 5.75 Å². The standard InChI is InChI=1S/C15H16N6O/c1-9-7-13(21-20-9)19-15-14(17-8-12(16)18-15)10-3-5-11(22-2)6-4-10/h3-8H,1-2H3,(H4,16,18,19,20,21). The van der Waals surface area contributed by atoms with Crippen molar-refractivity contribution in [1.82, 2.24) is 20.2 Å². The van der Waals surface area contributed by atoms with E-state index in [0.717, 1.165) is 17.0 Å². The number of nitrogens with one attached hydrogen (secondary N) is 2. The Morgan fingerprint density at radius 1 is 1.23 bits per heavy atom. The third-order valence-electron chi connectivity index (χ3n) is 3.11. The molecule has 2 heterocycles. The third-order valence-corrected chi connectivity index (χ3v) is 3.11. The number of benzene rings is 1. The molecule has 0 spiro atoms. The number of hydrogen-bond acceptors (Lipinski definition) is 6. The number of H-pyrrole nitrogens is 1. The van der Waals surface area contributed by atoms with Crippen molar-refractivity contribution in [1.29, 1.82) is 0 Å². The average Bonchev–Trinajstić information content (AvgIpc) is 2.93. The molecule has 0 aliphatic carbocycles. The molecule has 0 aliphatic rings. The Morgan fingerprint density at radius 2 is 2.00 bits per heavy atom. The molecule has 7 heteroatoms. The quantitative estimate of drug-likeness (QED) is 0.683. The average molecular weight is 296 g/mol. The fourth-order valence-electron chi connectivity index (χ4n) is 2.05. The van der Waals surface area contributed by atoms with Crippen molar-refractivity contribution < 1.29 is 4.74 Å². The van der Waals surface area contributed by atoms with Gasteiger partial charge in [0.25, 0.3) is 0 Å². The van der Waals surface area contributed by atoms with Crippen LogP contribution in [0.15, 0.2) is 36.5 Å². The second kappa shape index (κ2) is 5.72. The van der Waals surface area contributed by atoms with E-state index in [1.54, 1.807) is 7.11 Å². The van der Waals surface area contributed by atoms with Gasteiger partial charge in [0.05, 0.1) is 13.3 Å². The lowest BCUT2D eigenvalue weighted by Gasteiger charge is -2.10. The Morgan fingerprint density at radius 3 is 2.64 bits per heavy atom. The van der Waals surface area contributed by atoms with Gasteiger partial charge < -0.3 is 15.8 Å². The van der Waals surface area contributed by atoms with Crippen LogP contribution in [0, 0.1) is 6.92 Å². The molecular weight excluding hydrogens is 280 g/mol. The van der Waals surface area contributed by atoms with E-state index in [0.29, 0.717) is 23.1 Å². The monoisotopic (exact) mass is 296 g/mol. The second-order valence-corrected chi connectivity index (χ2v) is 4.78. The van der Waals surface area contributed by atoms with Gasteiger partial charge in [0.1, 0.15) is 17.3 Å². The van der Waals surface area contributed by atoms with Crippen LogP contribution in [0.3, 0.4) is 0 Å². The number of hydrogen-bond donors (Lipinski definition) is 3. The van der Waals surface area contributed by atoms with Gasteiger partial charge in [-0.3, -0.25) is 5.10 Å². The van der Waals surface area contributed by atoms with E-state index in [1.165, 1.54) is 6.20 Å². The summed E-state index contributed by atoms with van der Waals surface area (Å²) in [5.41, 5.74) is 8.30. The van der Waals surface area contributed by atoms with Crippen molar-refractivity contribution in [2.45, 2.75) is 6.92 Å². The van der Waals surface area contributed by atoms with Crippen LogP contribution < -0.4 is 15.8 Å². The molecule has 1 aromatic carbocycles. The van der Waals surface area contributed by atoms with E-state index < -0.39 is 0 Å². The van der Waals surface area contributed by atoms with Crippen molar-refractivity contribution in [2.75, 3.05) is 18.2 Å². The van der Waals surface area contributed by atoms with Crippen LogP contribution in [-0.4, -0.2) is 27.3 Å². The fourth-order valence-corrected chi connectivity index (χ4v) is 2.05. The highest BCUT2D eigenvalue weighted by atomic mass is 16.5. The molecule has 22 heavy (non-hydrogen) atoms. The molecule has 0 aliphatic heterocycles. The Kier molecular flexibility index (Phi) is 3.61. The molecule has 0 radical (unpaired) electrons. The summed E-state index contributed by atoms with van der Waals surface area (Å²) < 4.78 is 5.17. The van der Waals surface area contributed by atoms with Crippen LogP contribution in [0.2, 0.25) is 0 Å². The normalized spacial score (nSPS) is 10.5. The maximum Gasteiger partial charge on any atom is 0.160 e. The van der Waals surface area contributed by atoms with Gasteiger partial charge in [-0.1, -0.05) is 0 Å². The third kappa shape index (κ3) is 2.83. The number of ether oxygens (including phenoxy) is 1. The van der Waals surface area contributed by atoms with E-state index in [1.807, 2.05) is 37.3 Å². The van der Waals surface area contributed by atoms with E-state index in [4.69, 9.17) is 10.5 Å². The molecule has 3 aromatic rings. The van der Waals surface area contributed by atoms with Gasteiger partial charge in [-0.25, -0.2) is 9.97 Å². The first-order valence-electron chi connectivity index (χ1n) is 6.71. The maximum atomic E-state index is 5.75. The number of anilines is 3. The lowest BCUT2D eigenvalue weighted by Crippen LogP contribution is -2.02. The number of nitrogens with zero attached hydrogens (tertiary/aromatic N) is 3. The van der Waals surface area contributed by atoms with Gasteiger partial charge in [-0.15, -0.1) is 0 Å². The molecule has 112 valence electrons. The molecule has 0 bridgehead atoms. The summed E-state index contributed by atoms with van der Waals surface area (Å²) in [6.07, 6.45) is 1.53. The van der Waals surface area contributed by atoms with Gasteiger partial charge in [-0.2, -0.15) is 5.10 Å². The zero-order valence-electron chi connectivity index (χ0n) is 12.3. The van der Waals surface area contributed by atoms with E-state index in [9.17, 15) is 0 Å². The summed E-state index contributed by atoms with van der Waals surface area (Å²) in [4.78, 5) is 8.69. The Labute approximate surface area is 127 Å². The largest absolute Gasteiger partial charge is 0.497 e. The number of aromatic amines is 1. The van der Waals surface area contributed by atoms with Crippen molar-refractivity contribution in [3.8, 4) is 17.0 Å². The molecule has 3 rings (SSSR count). The van der Waals surface area contributed by atoms with Gasteiger partial charge in [0, 0.05) is 17.3 Å². The highest BCUT2D eigenvalue weighted by molar-refractivity contribution is 5.75. The van der Waals surface area contributed by atoms with Crippen molar-refractivity contribution in [3.05, 3.63) is 42.2 Å². The van der Waals surface area contributed by atoms with E-state index >= 15 is 0 Å². The SMILES string of the molecule is COc1ccc(-c2ncc(N)nc2Nc2cc(C)[nH]n2)cc1. The predicted molar refractivity (Wildman–Crippen MR) is 85.0 cm³/mol. The predicted octanol–water partition coefficient (Wildman–Crippen LogP) is 2.51. The van der Waals surface area contributed by atoms with Crippen molar-refractivity contribution >= 4 is 17.5 Å². The molecule has 0 saturated carbocycles. The molecule has 0 amide bonds. The summed E-state index contributed by atoms with van der Waals surface area (Å²) in [7, 11) is 1.63. The maximum absolute atomic E-state index is 5.75. The highest BCUT2D eigenvalue weighted by Crippen LogP contribution is 2.28. The summed E-state index contributed by atoms with van der Waals surface area (Å²) in [5.74, 6) is 2.33. The summed E-state index contributed by atoms with van der Waals surface area (Å²) >= 11 is 0. The first-order valence-corrected chi connectivity index (χ1v) is 6.71. The zero-order chi connectivity index (χ0) is 15.5. The topological polar surface area (TPSA) is 102 Å². The van der Waals surface area contributed by atoms with Gasteiger partial charge in [-0.05, 0) is 31.2 Å². The van der Waals surface area contributed by atoms with Crippen molar-refractivity contribution in [3.63, 3.8) is 0 Å². The Bertz CT molecular complexity index is 781. The molecule has 0 saturated heterocycles. The minimum absolute atomic E-state index is 0.340.